The summed E-state index contributed by atoms with van der Waals surface area (Å²) in [6, 6.07) is 2.63. The average Bonchev–Trinajstić information content (AvgIpc) is 2.30. The van der Waals surface area contributed by atoms with Crippen LogP contribution in [0.4, 0.5) is 15.8 Å². The molecule has 0 aliphatic carbocycles. The van der Waals surface area contributed by atoms with Crippen molar-refractivity contribution >= 4 is 17.3 Å². The van der Waals surface area contributed by atoms with E-state index >= 15 is 0 Å². The second kappa shape index (κ2) is 4.45. The van der Waals surface area contributed by atoms with Crippen LogP contribution in [0.1, 0.15) is 6.92 Å². The van der Waals surface area contributed by atoms with Gasteiger partial charge in [0.1, 0.15) is 11.6 Å². The first kappa shape index (κ1) is 11.4. The van der Waals surface area contributed by atoms with E-state index in [0.717, 1.165) is 0 Å². The molecule has 2 rings (SSSR count). The summed E-state index contributed by atoms with van der Waals surface area (Å²) >= 11 is 0. The van der Waals surface area contributed by atoms with Gasteiger partial charge in [-0.3, -0.25) is 4.79 Å². The van der Waals surface area contributed by atoms with Crippen LogP contribution in [0.25, 0.3) is 0 Å². The molecule has 0 atom stereocenters. The zero-order valence-electron chi connectivity index (χ0n) is 9.44. The number of fused-ring (bicyclic) bond motifs is 1. The molecule has 1 aromatic rings. The second-order valence-corrected chi connectivity index (χ2v) is 3.70. The topological polar surface area (TPSA) is 55.6 Å². The van der Waals surface area contributed by atoms with Crippen molar-refractivity contribution in [1.82, 2.24) is 0 Å². The van der Waals surface area contributed by atoms with Gasteiger partial charge in [0.25, 0.3) is 5.91 Å². The van der Waals surface area contributed by atoms with Crippen molar-refractivity contribution in [3.05, 3.63) is 30.1 Å². The number of halogens is 1. The molecule has 5 heteroatoms. The van der Waals surface area contributed by atoms with Crippen LogP contribution in [-0.2, 0) is 4.79 Å². The minimum atomic E-state index is -0.538. The predicted molar refractivity (Wildman–Crippen MR) is 63.5 cm³/mol. The monoisotopic (exact) mass is 236 g/mol. The van der Waals surface area contributed by atoms with Crippen molar-refractivity contribution in [1.29, 1.82) is 0 Å². The highest BCUT2D eigenvalue weighted by Gasteiger charge is 2.25. The third-order valence-corrected chi connectivity index (χ3v) is 2.54. The smallest absolute Gasteiger partial charge is 0.265 e. The Morgan fingerprint density at radius 1 is 1.59 bits per heavy atom. The molecule has 1 aliphatic heterocycles. The standard InChI is InChI=1S/C12H13FN2O2/c1-2-3-4-15-10-6-9(14)8(13)5-11(10)17-7-12(15)16/h2-3,5-6H,4,7,14H2,1H3/b3-2+. The third-order valence-electron chi connectivity index (χ3n) is 2.54. The van der Waals surface area contributed by atoms with Crippen LogP contribution in [0, 0.1) is 5.82 Å². The molecule has 0 saturated heterocycles. The SMILES string of the molecule is C/C=C/CN1C(=O)COc2cc(F)c(N)cc21. The lowest BCUT2D eigenvalue weighted by Gasteiger charge is -2.28. The molecule has 0 aromatic heterocycles. The lowest BCUT2D eigenvalue weighted by molar-refractivity contribution is -0.121. The van der Waals surface area contributed by atoms with Gasteiger partial charge in [-0.05, 0) is 13.0 Å². The van der Waals surface area contributed by atoms with Crippen LogP contribution < -0.4 is 15.4 Å². The van der Waals surface area contributed by atoms with Crippen molar-refractivity contribution in [3.8, 4) is 5.75 Å². The zero-order chi connectivity index (χ0) is 12.4. The van der Waals surface area contributed by atoms with E-state index in [1.54, 1.807) is 0 Å². The number of allylic oxidation sites excluding steroid dienone is 1. The third kappa shape index (κ3) is 2.08. The number of amides is 1. The van der Waals surface area contributed by atoms with E-state index in [1.165, 1.54) is 17.0 Å². The van der Waals surface area contributed by atoms with Crippen LogP contribution >= 0.6 is 0 Å². The van der Waals surface area contributed by atoms with Crippen LogP contribution in [-0.4, -0.2) is 19.1 Å². The van der Waals surface area contributed by atoms with Gasteiger partial charge in [0.05, 0.1) is 11.4 Å². The second-order valence-electron chi connectivity index (χ2n) is 3.70. The number of hydrogen-bond acceptors (Lipinski definition) is 3. The first-order valence-corrected chi connectivity index (χ1v) is 5.27. The number of nitrogens with zero attached hydrogens (tertiary/aromatic N) is 1. The Morgan fingerprint density at radius 3 is 3.06 bits per heavy atom. The van der Waals surface area contributed by atoms with E-state index in [4.69, 9.17) is 10.5 Å². The largest absolute Gasteiger partial charge is 0.481 e. The Morgan fingerprint density at radius 2 is 2.35 bits per heavy atom. The van der Waals surface area contributed by atoms with Crippen LogP contribution in [0.15, 0.2) is 24.3 Å². The molecule has 0 unspecified atom stereocenters. The first-order valence-electron chi connectivity index (χ1n) is 5.27. The zero-order valence-corrected chi connectivity index (χ0v) is 9.44. The van der Waals surface area contributed by atoms with E-state index in [-0.39, 0.29) is 18.2 Å². The normalized spacial score (nSPS) is 14.9. The van der Waals surface area contributed by atoms with E-state index in [0.29, 0.717) is 18.0 Å². The molecule has 2 N–H and O–H groups in total. The maximum absolute atomic E-state index is 13.3. The van der Waals surface area contributed by atoms with Gasteiger partial charge in [0.15, 0.2) is 6.61 Å². The predicted octanol–water partition coefficient (Wildman–Crippen LogP) is 1.71. The van der Waals surface area contributed by atoms with Gasteiger partial charge in [-0.15, -0.1) is 0 Å². The summed E-state index contributed by atoms with van der Waals surface area (Å²) in [6.07, 6.45) is 3.68. The molecular weight excluding hydrogens is 223 g/mol. The van der Waals surface area contributed by atoms with Gasteiger partial charge < -0.3 is 15.4 Å². The number of nitrogens with two attached hydrogens (primary N) is 1. The van der Waals surface area contributed by atoms with Gasteiger partial charge in [-0.2, -0.15) is 0 Å². The van der Waals surface area contributed by atoms with Gasteiger partial charge in [-0.1, -0.05) is 12.2 Å². The minimum Gasteiger partial charge on any atom is -0.481 e. The summed E-state index contributed by atoms with van der Waals surface area (Å²) in [5.41, 5.74) is 6.01. The van der Waals surface area contributed by atoms with Gasteiger partial charge >= 0.3 is 0 Å². The molecule has 1 amide bonds. The molecule has 1 aromatic carbocycles. The molecule has 0 bridgehead atoms. The van der Waals surface area contributed by atoms with Crippen molar-refractivity contribution in [3.63, 3.8) is 0 Å². The molecule has 0 saturated carbocycles. The highest BCUT2D eigenvalue weighted by atomic mass is 19.1. The maximum Gasteiger partial charge on any atom is 0.265 e. The number of benzene rings is 1. The fraction of sp³-hybridized carbons (Fsp3) is 0.250. The van der Waals surface area contributed by atoms with Crippen molar-refractivity contribution in [2.24, 2.45) is 0 Å². The number of ether oxygens (including phenoxy) is 1. The van der Waals surface area contributed by atoms with E-state index < -0.39 is 5.82 Å². The Balaban J connectivity index is 2.43. The highest BCUT2D eigenvalue weighted by Crippen LogP contribution is 2.35. The average molecular weight is 236 g/mol. The van der Waals surface area contributed by atoms with Gasteiger partial charge in [-0.25, -0.2) is 4.39 Å². The summed E-state index contributed by atoms with van der Waals surface area (Å²) in [4.78, 5) is 13.2. The fourth-order valence-electron chi connectivity index (χ4n) is 1.65. The summed E-state index contributed by atoms with van der Waals surface area (Å²) in [7, 11) is 0. The lowest BCUT2D eigenvalue weighted by Crippen LogP contribution is -2.39. The van der Waals surface area contributed by atoms with Crippen LogP contribution in [0.5, 0.6) is 5.75 Å². The Hall–Kier alpha value is -2.04. The molecule has 1 aliphatic rings. The number of carbonyl (C=O) groups is 1. The van der Waals surface area contributed by atoms with Crippen LogP contribution in [0.3, 0.4) is 0 Å². The van der Waals surface area contributed by atoms with Gasteiger partial charge in [0, 0.05) is 12.6 Å². The number of rotatable bonds is 2. The Labute approximate surface area is 98.5 Å². The highest BCUT2D eigenvalue weighted by molar-refractivity contribution is 5.98. The quantitative estimate of drug-likeness (QED) is 0.628. The molecule has 0 spiro atoms. The molecule has 90 valence electrons. The minimum absolute atomic E-state index is 0.00697. The number of nitrogen functional groups attached to an aromatic ring is 1. The molecule has 17 heavy (non-hydrogen) atoms. The molecule has 1 heterocycles. The number of carbonyl (C=O) groups excluding carboxylic acids is 1. The Bertz CT molecular complexity index is 486. The first-order chi connectivity index (χ1) is 8.13. The van der Waals surface area contributed by atoms with Crippen molar-refractivity contribution in [2.75, 3.05) is 23.8 Å². The number of anilines is 2. The Kier molecular flexibility index (Phi) is 2.99. The summed E-state index contributed by atoms with van der Waals surface area (Å²) in [5, 5.41) is 0. The summed E-state index contributed by atoms with van der Waals surface area (Å²) in [5.74, 6) is -0.355. The molecule has 4 nitrogen and oxygen atoms in total. The van der Waals surface area contributed by atoms with E-state index in [9.17, 15) is 9.18 Å². The van der Waals surface area contributed by atoms with E-state index in [1.807, 2.05) is 19.1 Å². The molecular formula is C12H13FN2O2. The molecule has 0 fully saturated rings. The molecule has 0 radical (unpaired) electrons. The number of hydrogen-bond donors (Lipinski definition) is 1. The van der Waals surface area contributed by atoms with Crippen molar-refractivity contribution < 1.29 is 13.9 Å². The lowest BCUT2D eigenvalue weighted by atomic mass is 10.2. The van der Waals surface area contributed by atoms with Crippen LogP contribution in [0.2, 0.25) is 0 Å². The summed E-state index contributed by atoms with van der Waals surface area (Å²) < 4.78 is 18.4. The maximum atomic E-state index is 13.3. The van der Waals surface area contributed by atoms with E-state index in [2.05, 4.69) is 0 Å². The van der Waals surface area contributed by atoms with Gasteiger partial charge in [0.2, 0.25) is 0 Å². The summed E-state index contributed by atoms with van der Waals surface area (Å²) in [6.45, 7) is 2.22. The fourth-order valence-corrected chi connectivity index (χ4v) is 1.65. The van der Waals surface area contributed by atoms with Crippen molar-refractivity contribution in [2.45, 2.75) is 6.92 Å².